The fourth-order valence-electron chi connectivity index (χ4n) is 3.49. The number of aromatic nitrogens is 1. The Balaban J connectivity index is 1.85. The number of nitrogens with zero attached hydrogens (tertiary/aromatic N) is 3. The van der Waals surface area contributed by atoms with Gasteiger partial charge in [-0.1, -0.05) is 0 Å². The molecule has 2 aliphatic heterocycles. The minimum Gasteiger partial charge on any atom is -0.357 e. The van der Waals surface area contributed by atoms with Gasteiger partial charge in [0.1, 0.15) is 5.82 Å². The highest BCUT2D eigenvalue weighted by molar-refractivity contribution is 5.74. The average molecular weight is 273 g/mol. The van der Waals surface area contributed by atoms with Crippen LogP contribution in [0.4, 0.5) is 5.82 Å². The van der Waals surface area contributed by atoms with Gasteiger partial charge in [0.2, 0.25) is 5.91 Å². The molecule has 1 aromatic heterocycles. The molecule has 2 saturated heterocycles. The van der Waals surface area contributed by atoms with Gasteiger partial charge in [0.05, 0.1) is 6.04 Å². The fourth-order valence-corrected chi connectivity index (χ4v) is 3.49. The standard InChI is InChI=1S/C16H23N3O/c1-12-10-16(18-7-3-4-8-18)17-11-14(12)15-6-5-9-19(15)13(2)20/h10-11,15H,3-9H2,1-2H3. The Morgan fingerprint density at radius 2 is 2.00 bits per heavy atom. The number of pyridine rings is 1. The third kappa shape index (κ3) is 2.39. The molecule has 1 atom stereocenters. The first kappa shape index (κ1) is 13.4. The van der Waals surface area contributed by atoms with Gasteiger partial charge >= 0.3 is 0 Å². The fraction of sp³-hybridized carbons (Fsp3) is 0.625. The molecule has 0 spiro atoms. The lowest BCUT2D eigenvalue weighted by Gasteiger charge is -2.26. The molecule has 0 N–H and O–H groups in total. The van der Waals surface area contributed by atoms with Crippen molar-refractivity contribution in [3.05, 3.63) is 23.4 Å². The summed E-state index contributed by atoms with van der Waals surface area (Å²) in [6.45, 7) is 6.93. The van der Waals surface area contributed by atoms with Crippen LogP contribution in [-0.2, 0) is 4.79 Å². The molecule has 0 aliphatic carbocycles. The van der Waals surface area contributed by atoms with Crippen LogP contribution < -0.4 is 4.90 Å². The van der Waals surface area contributed by atoms with Gasteiger partial charge in [-0.2, -0.15) is 0 Å². The number of hydrogen-bond acceptors (Lipinski definition) is 3. The van der Waals surface area contributed by atoms with Crippen LogP contribution in [0, 0.1) is 6.92 Å². The van der Waals surface area contributed by atoms with Crippen LogP contribution in [0.5, 0.6) is 0 Å². The summed E-state index contributed by atoms with van der Waals surface area (Å²) in [7, 11) is 0. The molecule has 4 heteroatoms. The first-order valence-electron chi connectivity index (χ1n) is 7.65. The molecule has 0 aromatic carbocycles. The second kappa shape index (κ2) is 5.43. The highest BCUT2D eigenvalue weighted by atomic mass is 16.2. The van der Waals surface area contributed by atoms with E-state index in [4.69, 9.17) is 0 Å². The monoisotopic (exact) mass is 273 g/mol. The van der Waals surface area contributed by atoms with Gasteiger partial charge in [0.15, 0.2) is 0 Å². The maximum absolute atomic E-state index is 11.7. The molecule has 4 nitrogen and oxygen atoms in total. The highest BCUT2D eigenvalue weighted by Crippen LogP contribution is 2.34. The minimum absolute atomic E-state index is 0.176. The number of likely N-dealkylation sites (tertiary alicyclic amines) is 1. The quantitative estimate of drug-likeness (QED) is 0.831. The van der Waals surface area contributed by atoms with E-state index in [2.05, 4.69) is 22.9 Å². The zero-order chi connectivity index (χ0) is 14.1. The number of aryl methyl sites for hydroxylation is 1. The Morgan fingerprint density at radius 1 is 1.25 bits per heavy atom. The highest BCUT2D eigenvalue weighted by Gasteiger charge is 2.29. The molecule has 1 amide bonds. The summed E-state index contributed by atoms with van der Waals surface area (Å²) in [4.78, 5) is 20.7. The summed E-state index contributed by atoms with van der Waals surface area (Å²) < 4.78 is 0. The second-order valence-electron chi connectivity index (χ2n) is 5.96. The Labute approximate surface area is 120 Å². The van der Waals surface area contributed by atoms with Gasteiger partial charge in [-0.15, -0.1) is 0 Å². The number of carbonyl (C=O) groups excluding carboxylic acids is 1. The summed E-state index contributed by atoms with van der Waals surface area (Å²) in [5, 5.41) is 0. The normalized spacial score (nSPS) is 22.6. The van der Waals surface area contributed by atoms with Crippen LogP contribution in [-0.4, -0.2) is 35.4 Å². The van der Waals surface area contributed by atoms with E-state index in [1.54, 1.807) is 6.92 Å². The molecule has 1 unspecified atom stereocenters. The Morgan fingerprint density at radius 3 is 2.65 bits per heavy atom. The van der Waals surface area contributed by atoms with E-state index in [1.165, 1.54) is 24.0 Å². The summed E-state index contributed by atoms with van der Waals surface area (Å²) in [6.07, 6.45) is 6.68. The number of hydrogen-bond donors (Lipinski definition) is 0. The maximum atomic E-state index is 11.7. The van der Waals surface area contributed by atoms with E-state index < -0.39 is 0 Å². The molecule has 1 aromatic rings. The summed E-state index contributed by atoms with van der Waals surface area (Å²) >= 11 is 0. The molecule has 0 radical (unpaired) electrons. The van der Waals surface area contributed by atoms with Crippen molar-refractivity contribution in [3.8, 4) is 0 Å². The van der Waals surface area contributed by atoms with Gasteiger partial charge in [0, 0.05) is 32.8 Å². The van der Waals surface area contributed by atoms with Crippen molar-refractivity contribution >= 4 is 11.7 Å². The molecule has 0 saturated carbocycles. The molecule has 3 heterocycles. The van der Waals surface area contributed by atoms with E-state index in [0.29, 0.717) is 0 Å². The smallest absolute Gasteiger partial charge is 0.219 e. The van der Waals surface area contributed by atoms with E-state index in [0.717, 1.165) is 38.3 Å². The van der Waals surface area contributed by atoms with E-state index in [9.17, 15) is 4.79 Å². The first-order chi connectivity index (χ1) is 9.66. The zero-order valence-corrected chi connectivity index (χ0v) is 12.4. The van der Waals surface area contributed by atoms with Crippen LogP contribution in [0.1, 0.15) is 49.8 Å². The second-order valence-corrected chi connectivity index (χ2v) is 5.96. The number of amides is 1. The molecule has 2 fully saturated rings. The van der Waals surface area contributed by atoms with Crippen molar-refractivity contribution in [2.24, 2.45) is 0 Å². The molecule has 2 aliphatic rings. The maximum Gasteiger partial charge on any atom is 0.219 e. The number of rotatable bonds is 2. The molecule has 0 bridgehead atoms. The van der Waals surface area contributed by atoms with Crippen molar-refractivity contribution in [1.82, 2.24) is 9.88 Å². The lowest BCUT2D eigenvalue weighted by atomic mass is 10.0. The van der Waals surface area contributed by atoms with Crippen molar-refractivity contribution in [2.75, 3.05) is 24.5 Å². The zero-order valence-electron chi connectivity index (χ0n) is 12.4. The van der Waals surface area contributed by atoms with Crippen molar-refractivity contribution in [2.45, 2.75) is 45.6 Å². The Kier molecular flexibility index (Phi) is 3.64. The van der Waals surface area contributed by atoms with E-state index in [-0.39, 0.29) is 11.9 Å². The van der Waals surface area contributed by atoms with Crippen LogP contribution in [0.2, 0.25) is 0 Å². The van der Waals surface area contributed by atoms with E-state index >= 15 is 0 Å². The molecule has 3 rings (SSSR count). The molecular weight excluding hydrogens is 250 g/mol. The first-order valence-corrected chi connectivity index (χ1v) is 7.65. The summed E-state index contributed by atoms with van der Waals surface area (Å²) in [6, 6.07) is 2.42. The largest absolute Gasteiger partial charge is 0.357 e. The number of anilines is 1. The predicted molar refractivity (Wildman–Crippen MR) is 79.8 cm³/mol. The number of carbonyl (C=O) groups is 1. The van der Waals surface area contributed by atoms with Crippen molar-refractivity contribution in [3.63, 3.8) is 0 Å². The van der Waals surface area contributed by atoms with Crippen molar-refractivity contribution < 1.29 is 4.79 Å². The lowest BCUT2D eigenvalue weighted by molar-refractivity contribution is -0.129. The summed E-state index contributed by atoms with van der Waals surface area (Å²) in [5.74, 6) is 1.27. The van der Waals surface area contributed by atoms with Crippen LogP contribution >= 0.6 is 0 Å². The topological polar surface area (TPSA) is 36.4 Å². The third-order valence-corrected chi connectivity index (χ3v) is 4.58. The summed E-state index contributed by atoms with van der Waals surface area (Å²) in [5.41, 5.74) is 2.49. The minimum atomic E-state index is 0.176. The Bertz CT molecular complexity index is 508. The SMILES string of the molecule is CC(=O)N1CCCC1c1cnc(N2CCCC2)cc1C. The average Bonchev–Trinajstić information content (AvgIpc) is 3.10. The van der Waals surface area contributed by atoms with Gasteiger partial charge < -0.3 is 9.80 Å². The van der Waals surface area contributed by atoms with E-state index in [1.807, 2.05) is 11.1 Å². The Hall–Kier alpha value is -1.58. The van der Waals surface area contributed by atoms with Crippen molar-refractivity contribution in [1.29, 1.82) is 0 Å². The van der Waals surface area contributed by atoms with Crippen LogP contribution in [0.3, 0.4) is 0 Å². The molecular formula is C16H23N3O. The van der Waals surface area contributed by atoms with Gasteiger partial charge in [-0.05, 0) is 49.8 Å². The molecule has 108 valence electrons. The van der Waals surface area contributed by atoms with Crippen LogP contribution in [0.15, 0.2) is 12.3 Å². The van der Waals surface area contributed by atoms with Gasteiger partial charge in [-0.25, -0.2) is 4.98 Å². The van der Waals surface area contributed by atoms with Crippen LogP contribution in [0.25, 0.3) is 0 Å². The predicted octanol–water partition coefficient (Wildman–Crippen LogP) is 2.67. The third-order valence-electron chi connectivity index (χ3n) is 4.58. The van der Waals surface area contributed by atoms with Gasteiger partial charge in [0.25, 0.3) is 0 Å². The van der Waals surface area contributed by atoms with Gasteiger partial charge in [-0.3, -0.25) is 4.79 Å². The lowest BCUT2D eigenvalue weighted by Crippen LogP contribution is -2.28. The molecule has 20 heavy (non-hydrogen) atoms.